The van der Waals surface area contributed by atoms with Crippen molar-refractivity contribution >= 4 is 0 Å². The van der Waals surface area contributed by atoms with Crippen molar-refractivity contribution in [1.82, 2.24) is 9.88 Å². The first kappa shape index (κ1) is 21.1. The van der Waals surface area contributed by atoms with Crippen LogP contribution in [0.4, 0.5) is 0 Å². The molecule has 1 aromatic carbocycles. The molecule has 0 spiro atoms. The molecule has 2 aliphatic rings. The topological polar surface area (TPSA) is 43.8 Å². The molecule has 5 nitrogen and oxygen atoms in total. The first-order chi connectivity index (χ1) is 14.6. The number of likely N-dealkylation sites (tertiary alicyclic amines) is 1. The van der Waals surface area contributed by atoms with E-state index in [1.165, 1.54) is 29.7 Å². The van der Waals surface area contributed by atoms with Crippen molar-refractivity contribution in [3.8, 4) is 11.5 Å². The van der Waals surface area contributed by atoms with Gasteiger partial charge < -0.3 is 19.1 Å². The maximum atomic E-state index is 6.31. The van der Waals surface area contributed by atoms with E-state index in [2.05, 4.69) is 41.1 Å². The summed E-state index contributed by atoms with van der Waals surface area (Å²) in [4.78, 5) is 7.15. The van der Waals surface area contributed by atoms with E-state index in [1.54, 1.807) is 14.2 Å². The predicted molar refractivity (Wildman–Crippen MR) is 118 cm³/mol. The highest BCUT2D eigenvalue weighted by atomic mass is 16.5. The highest BCUT2D eigenvalue weighted by Crippen LogP contribution is 2.42. The summed E-state index contributed by atoms with van der Waals surface area (Å²) in [6.07, 6.45) is 7.37. The van der Waals surface area contributed by atoms with Gasteiger partial charge in [0.1, 0.15) is 0 Å². The highest BCUT2D eigenvalue weighted by molar-refractivity contribution is 5.50. The van der Waals surface area contributed by atoms with E-state index < -0.39 is 0 Å². The molecular formula is C25H34N2O3. The average molecular weight is 411 g/mol. The van der Waals surface area contributed by atoms with Crippen molar-refractivity contribution in [1.29, 1.82) is 0 Å². The van der Waals surface area contributed by atoms with Gasteiger partial charge in [-0.2, -0.15) is 0 Å². The molecule has 162 valence electrons. The van der Waals surface area contributed by atoms with Gasteiger partial charge in [-0.05, 0) is 94.1 Å². The summed E-state index contributed by atoms with van der Waals surface area (Å²) in [6, 6.07) is 10.5. The van der Waals surface area contributed by atoms with Crippen LogP contribution in [-0.4, -0.2) is 50.3 Å². The summed E-state index contributed by atoms with van der Waals surface area (Å²) in [5, 5.41) is 0. The molecule has 2 aliphatic heterocycles. The van der Waals surface area contributed by atoms with E-state index >= 15 is 0 Å². The Morgan fingerprint density at radius 1 is 1.13 bits per heavy atom. The second kappa shape index (κ2) is 9.36. The van der Waals surface area contributed by atoms with E-state index in [1.807, 2.05) is 12.3 Å². The van der Waals surface area contributed by atoms with Gasteiger partial charge in [0.15, 0.2) is 11.5 Å². The molecule has 0 radical (unpaired) electrons. The Morgan fingerprint density at radius 2 is 1.90 bits per heavy atom. The van der Waals surface area contributed by atoms with Crippen LogP contribution >= 0.6 is 0 Å². The monoisotopic (exact) mass is 410 g/mol. The zero-order chi connectivity index (χ0) is 21.0. The molecule has 30 heavy (non-hydrogen) atoms. The van der Waals surface area contributed by atoms with Crippen LogP contribution in [-0.2, 0) is 16.8 Å². The van der Waals surface area contributed by atoms with Gasteiger partial charge in [-0.1, -0.05) is 6.07 Å². The normalized spacial score (nSPS) is 22.5. The number of benzene rings is 1. The van der Waals surface area contributed by atoms with Gasteiger partial charge in [0.05, 0.1) is 26.4 Å². The molecule has 1 aromatic heterocycles. The third-order valence-corrected chi connectivity index (χ3v) is 6.79. The van der Waals surface area contributed by atoms with Gasteiger partial charge in [-0.15, -0.1) is 0 Å². The molecule has 3 heterocycles. The number of ether oxygens (including phenoxy) is 3. The Morgan fingerprint density at radius 3 is 2.60 bits per heavy atom. The highest BCUT2D eigenvalue weighted by Gasteiger charge is 2.34. The first-order valence-electron chi connectivity index (χ1n) is 11.2. The SMILES string of the molecule is COc1cc2c(cc1OC)C(C)(CCCN1CCC(c3ccccn3)CC1)OCC2. The van der Waals surface area contributed by atoms with E-state index in [9.17, 15) is 0 Å². The molecule has 1 saturated heterocycles. The molecule has 1 fully saturated rings. The standard InChI is InChI=1S/C25H34N2O3/c1-25(21-18-24(29-3)23(28-2)17-20(21)10-16-30-25)11-6-13-27-14-8-19(9-15-27)22-7-4-5-12-26-22/h4-5,7,12,17-19H,6,8-11,13-16H2,1-3H3. The molecule has 4 rings (SSSR count). The van der Waals surface area contributed by atoms with Crippen LogP contribution in [0, 0.1) is 0 Å². The van der Waals surface area contributed by atoms with E-state index in [0.717, 1.165) is 57.0 Å². The largest absolute Gasteiger partial charge is 0.493 e. The smallest absolute Gasteiger partial charge is 0.161 e. The maximum absolute atomic E-state index is 6.31. The Labute approximate surface area is 180 Å². The van der Waals surface area contributed by atoms with E-state index in [4.69, 9.17) is 14.2 Å². The van der Waals surface area contributed by atoms with Crippen LogP contribution in [0.25, 0.3) is 0 Å². The minimum Gasteiger partial charge on any atom is -0.493 e. The van der Waals surface area contributed by atoms with Crippen LogP contribution in [0.15, 0.2) is 36.5 Å². The summed E-state index contributed by atoms with van der Waals surface area (Å²) >= 11 is 0. The zero-order valence-corrected chi connectivity index (χ0v) is 18.5. The summed E-state index contributed by atoms with van der Waals surface area (Å²) in [6.45, 7) is 6.41. The maximum Gasteiger partial charge on any atom is 0.161 e. The number of pyridine rings is 1. The molecular weight excluding hydrogens is 376 g/mol. The third kappa shape index (κ3) is 4.47. The molecule has 1 atom stereocenters. The summed E-state index contributed by atoms with van der Waals surface area (Å²) in [5.74, 6) is 2.19. The summed E-state index contributed by atoms with van der Waals surface area (Å²) in [7, 11) is 3.39. The average Bonchev–Trinajstić information content (AvgIpc) is 2.79. The van der Waals surface area contributed by atoms with Crippen LogP contribution in [0.2, 0.25) is 0 Å². The lowest BCUT2D eigenvalue weighted by molar-refractivity contribution is -0.0550. The lowest BCUT2D eigenvalue weighted by atomic mass is 9.84. The number of hydrogen-bond donors (Lipinski definition) is 0. The number of hydrogen-bond acceptors (Lipinski definition) is 5. The number of aromatic nitrogens is 1. The molecule has 2 aromatic rings. The summed E-state index contributed by atoms with van der Waals surface area (Å²) in [5.41, 5.74) is 3.55. The molecule has 0 amide bonds. The van der Waals surface area contributed by atoms with Crippen molar-refractivity contribution in [2.75, 3.05) is 40.5 Å². The van der Waals surface area contributed by atoms with Crippen molar-refractivity contribution in [2.24, 2.45) is 0 Å². The van der Waals surface area contributed by atoms with Gasteiger partial charge >= 0.3 is 0 Å². The quantitative estimate of drug-likeness (QED) is 0.670. The Balaban J connectivity index is 1.34. The first-order valence-corrected chi connectivity index (χ1v) is 11.2. The minimum atomic E-state index is -0.264. The fourth-order valence-corrected chi connectivity index (χ4v) is 5.00. The fraction of sp³-hybridized carbons (Fsp3) is 0.560. The number of methoxy groups -OCH3 is 2. The minimum absolute atomic E-state index is 0.264. The van der Waals surface area contributed by atoms with Crippen LogP contribution in [0.5, 0.6) is 11.5 Å². The Hall–Kier alpha value is -2.11. The Bertz CT molecular complexity index is 834. The van der Waals surface area contributed by atoms with Crippen molar-refractivity contribution in [2.45, 2.75) is 50.5 Å². The second-order valence-corrected chi connectivity index (χ2v) is 8.67. The fourth-order valence-electron chi connectivity index (χ4n) is 5.00. The zero-order valence-electron chi connectivity index (χ0n) is 18.5. The Kier molecular flexibility index (Phi) is 6.59. The third-order valence-electron chi connectivity index (χ3n) is 6.79. The molecule has 5 heteroatoms. The molecule has 0 aliphatic carbocycles. The summed E-state index contributed by atoms with van der Waals surface area (Å²) < 4.78 is 17.3. The van der Waals surface area contributed by atoms with Gasteiger partial charge in [-0.25, -0.2) is 0 Å². The van der Waals surface area contributed by atoms with Gasteiger partial charge in [0.2, 0.25) is 0 Å². The number of nitrogens with zero attached hydrogens (tertiary/aromatic N) is 2. The number of piperidine rings is 1. The number of fused-ring (bicyclic) bond motifs is 1. The van der Waals surface area contributed by atoms with Crippen LogP contribution in [0.1, 0.15) is 55.3 Å². The number of rotatable bonds is 7. The van der Waals surface area contributed by atoms with Crippen molar-refractivity contribution in [3.63, 3.8) is 0 Å². The van der Waals surface area contributed by atoms with E-state index in [-0.39, 0.29) is 5.60 Å². The van der Waals surface area contributed by atoms with Gasteiger partial charge in [0, 0.05) is 17.8 Å². The molecule has 1 unspecified atom stereocenters. The molecule has 0 N–H and O–H groups in total. The predicted octanol–water partition coefficient (Wildman–Crippen LogP) is 4.55. The molecule has 0 saturated carbocycles. The molecule has 0 bridgehead atoms. The van der Waals surface area contributed by atoms with Crippen molar-refractivity contribution < 1.29 is 14.2 Å². The van der Waals surface area contributed by atoms with Crippen LogP contribution < -0.4 is 9.47 Å². The van der Waals surface area contributed by atoms with Crippen molar-refractivity contribution in [3.05, 3.63) is 53.3 Å². The second-order valence-electron chi connectivity index (χ2n) is 8.67. The van der Waals surface area contributed by atoms with Crippen LogP contribution in [0.3, 0.4) is 0 Å². The lowest BCUT2D eigenvalue weighted by Crippen LogP contribution is -2.36. The van der Waals surface area contributed by atoms with Gasteiger partial charge in [-0.3, -0.25) is 4.98 Å². The van der Waals surface area contributed by atoms with E-state index in [0.29, 0.717) is 5.92 Å². The van der Waals surface area contributed by atoms with Gasteiger partial charge in [0.25, 0.3) is 0 Å². The lowest BCUT2D eigenvalue weighted by Gasteiger charge is -2.38.